The Balaban J connectivity index is 1.89. The summed E-state index contributed by atoms with van der Waals surface area (Å²) in [5.74, 6) is 0. The lowest BCUT2D eigenvalue weighted by atomic mass is 9.84. The minimum absolute atomic E-state index is 0.311. The number of aromatic nitrogens is 2. The molecule has 17 heavy (non-hydrogen) atoms. The van der Waals surface area contributed by atoms with Gasteiger partial charge in [0.25, 0.3) is 0 Å². The Hall–Kier alpha value is -0.870. The smallest absolute Gasteiger partial charge is 0.109 e. The molecular formula is C13H21N3O. The van der Waals surface area contributed by atoms with E-state index in [0.717, 1.165) is 38.0 Å². The third kappa shape index (κ3) is 1.70. The van der Waals surface area contributed by atoms with Gasteiger partial charge in [0, 0.05) is 30.9 Å². The average Bonchev–Trinajstić information content (AvgIpc) is 2.96. The van der Waals surface area contributed by atoms with E-state index in [1.807, 2.05) is 17.1 Å². The Morgan fingerprint density at radius 3 is 3.12 bits per heavy atom. The number of piperidine rings is 1. The number of hydrogen-bond acceptors (Lipinski definition) is 3. The normalized spacial score (nSPS) is 33.9. The summed E-state index contributed by atoms with van der Waals surface area (Å²) in [7, 11) is 0. The van der Waals surface area contributed by atoms with Crippen LogP contribution in [-0.2, 0) is 12.1 Å². The Morgan fingerprint density at radius 1 is 1.47 bits per heavy atom. The van der Waals surface area contributed by atoms with Gasteiger partial charge in [0.1, 0.15) is 5.60 Å². The molecule has 1 aromatic heterocycles. The van der Waals surface area contributed by atoms with Gasteiger partial charge in [0.2, 0.25) is 0 Å². The van der Waals surface area contributed by atoms with E-state index in [0.29, 0.717) is 6.04 Å². The molecule has 4 nitrogen and oxygen atoms in total. The van der Waals surface area contributed by atoms with Crippen molar-refractivity contribution in [2.45, 2.75) is 50.8 Å². The van der Waals surface area contributed by atoms with Crippen LogP contribution < -0.4 is 0 Å². The van der Waals surface area contributed by atoms with Gasteiger partial charge >= 0.3 is 0 Å². The highest BCUT2D eigenvalue weighted by Crippen LogP contribution is 2.41. The molecule has 0 radical (unpaired) electrons. The van der Waals surface area contributed by atoms with Crippen LogP contribution in [0.4, 0.5) is 0 Å². The molecule has 2 aliphatic heterocycles. The summed E-state index contributed by atoms with van der Waals surface area (Å²) in [5, 5.41) is 15.3. The van der Waals surface area contributed by atoms with Gasteiger partial charge in [0.15, 0.2) is 0 Å². The van der Waals surface area contributed by atoms with E-state index in [9.17, 15) is 5.11 Å². The van der Waals surface area contributed by atoms with Crippen molar-refractivity contribution in [3.8, 4) is 0 Å². The standard InChI is InChI=1S/C13H21N3O/c1-2-16-10-11(9-14-16)13(17)6-8-15-7-4-3-5-12(13)15/h9-10,12,17H,2-8H2,1H3. The van der Waals surface area contributed by atoms with Crippen molar-refractivity contribution in [3.63, 3.8) is 0 Å². The largest absolute Gasteiger partial charge is 0.383 e. The number of fused-ring (bicyclic) bond motifs is 1. The van der Waals surface area contributed by atoms with Gasteiger partial charge in [-0.25, -0.2) is 0 Å². The summed E-state index contributed by atoms with van der Waals surface area (Å²) >= 11 is 0. The molecule has 0 aromatic carbocycles. The zero-order chi connectivity index (χ0) is 11.9. The quantitative estimate of drug-likeness (QED) is 0.841. The van der Waals surface area contributed by atoms with Gasteiger partial charge in [-0.15, -0.1) is 0 Å². The molecule has 0 saturated carbocycles. The van der Waals surface area contributed by atoms with E-state index in [1.54, 1.807) is 0 Å². The third-order valence-electron chi connectivity index (χ3n) is 4.40. The lowest BCUT2D eigenvalue weighted by Gasteiger charge is -2.36. The Bertz CT molecular complexity index is 403. The highest BCUT2D eigenvalue weighted by atomic mass is 16.3. The van der Waals surface area contributed by atoms with Gasteiger partial charge in [-0.3, -0.25) is 9.58 Å². The number of hydrogen-bond donors (Lipinski definition) is 1. The Kier molecular flexibility index (Phi) is 2.71. The highest BCUT2D eigenvalue weighted by molar-refractivity contribution is 5.21. The van der Waals surface area contributed by atoms with Crippen LogP contribution >= 0.6 is 0 Å². The van der Waals surface area contributed by atoms with Gasteiger partial charge in [-0.05, 0) is 32.7 Å². The second-order valence-electron chi connectivity index (χ2n) is 5.31. The van der Waals surface area contributed by atoms with E-state index in [2.05, 4.69) is 16.9 Å². The summed E-state index contributed by atoms with van der Waals surface area (Å²) in [4.78, 5) is 2.45. The molecule has 0 amide bonds. The lowest BCUT2D eigenvalue weighted by Crippen LogP contribution is -2.45. The van der Waals surface area contributed by atoms with Crippen LogP contribution in [-0.4, -0.2) is 38.9 Å². The van der Waals surface area contributed by atoms with Crippen LogP contribution in [0.2, 0.25) is 0 Å². The molecule has 2 fully saturated rings. The van der Waals surface area contributed by atoms with Crippen LogP contribution in [0.25, 0.3) is 0 Å². The summed E-state index contributed by atoms with van der Waals surface area (Å²) < 4.78 is 1.90. The van der Waals surface area contributed by atoms with Crippen molar-refractivity contribution < 1.29 is 5.11 Å². The summed E-state index contributed by atoms with van der Waals surface area (Å²) in [6.07, 6.45) is 8.35. The van der Waals surface area contributed by atoms with Gasteiger partial charge in [-0.2, -0.15) is 5.10 Å². The van der Waals surface area contributed by atoms with Crippen molar-refractivity contribution in [2.24, 2.45) is 0 Å². The fraction of sp³-hybridized carbons (Fsp3) is 0.769. The first-order valence-corrected chi connectivity index (χ1v) is 6.73. The maximum atomic E-state index is 11.0. The van der Waals surface area contributed by atoms with Crippen LogP contribution in [0.15, 0.2) is 12.4 Å². The number of rotatable bonds is 2. The topological polar surface area (TPSA) is 41.3 Å². The van der Waals surface area contributed by atoms with Crippen LogP contribution in [0.3, 0.4) is 0 Å². The molecule has 0 aliphatic carbocycles. The Morgan fingerprint density at radius 2 is 2.35 bits per heavy atom. The van der Waals surface area contributed by atoms with Gasteiger partial charge < -0.3 is 5.11 Å². The molecule has 1 N–H and O–H groups in total. The van der Waals surface area contributed by atoms with Crippen LogP contribution in [0, 0.1) is 0 Å². The monoisotopic (exact) mass is 235 g/mol. The molecule has 2 aliphatic rings. The Labute approximate surface area is 102 Å². The van der Waals surface area contributed by atoms with E-state index in [1.165, 1.54) is 12.8 Å². The lowest BCUT2D eigenvalue weighted by molar-refractivity contribution is -0.0138. The molecule has 2 saturated heterocycles. The SMILES string of the molecule is CCn1cc(C2(O)CCN3CCCCC32)cn1. The summed E-state index contributed by atoms with van der Waals surface area (Å²) in [6, 6.07) is 0.311. The molecular weight excluding hydrogens is 214 g/mol. The molecule has 94 valence electrons. The maximum absolute atomic E-state index is 11.0. The zero-order valence-electron chi connectivity index (χ0n) is 10.5. The van der Waals surface area contributed by atoms with Crippen molar-refractivity contribution in [1.29, 1.82) is 0 Å². The minimum atomic E-state index is -0.659. The first kappa shape index (κ1) is 11.2. The molecule has 0 bridgehead atoms. The summed E-state index contributed by atoms with van der Waals surface area (Å²) in [6.45, 7) is 5.11. The summed E-state index contributed by atoms with van der Waals surface area (Å²) in [5.41, 5.74) is 0.349. The van der Waals surface area contributed by atoms with Crippen molar-refractivity contribution in [1.82, 2.24) is 14.7 Å². The molecule has 2 unspecified atom stereocenters. The zero-order valence-corrected chi connectivity index (χ0v) is 10.5. The fourth-order valence-electron chi connectivity index (χ4n) is 3.38. The van der Waals surface area contributed by atoms with Gasteiger partial charge in [-0.1, -0.05) is 6.42 Å². The first-order chi connectivity index (χ1) is 8.24. The van der Waals surface area contributed by atoms with E-state index in [-0.39, 0.29) is 0 Å². The van der Waals surface area contributed by atoms with Crippen molar-refractivity contribution >= 4 is 0 Å². The first-order valence-electron chi connectivity index (χ1n) is 6.73. The second-order valence-corrected chi connectivity index (χ2v) is 5.31. The highest BCUT2D eigenvalue weighted by Gasteiger charge is 2.48. The van der Waals surface area contributed by atoms with Crippen molar-refractivity contribution in [2.75, 3.05) is 13.1 Å². The fourth-order valence-corrected chi connectivity index (χ4v) is 3.38. The average molecular weight is 235 g/mol. The number of aliphatic hydroxyl groups is 1. The molecule has 3 rings (SSSR count). The number of aryl methyl sites for hydroxylation is 1. The second kappa shape index (κ2) is 4.10. The van der Waals surface area contributed by atoms with Crippen molar-refractivity contribution in [3.05, 3.63) is 18.0 Å². The van der Waals surface area contributed by atoms with Gasteiger partial charge in [0.05, 0.1) is 6.20 Å². The predicted octanol–water partition coefficient (Wildman–Crippen LogP) is 1.35. The van der Waals surface area contributed by atoms with E-state index in [4.69, 9.17) is 0 Å². The molecule has 3 heterocycles. The van der Waals surface area contributed by atoms with E-state index >= 15 is 0 Å². The molecule has 2 atom stereocenters. The third-order valence-corrected chi connectivity index (χ3v) is 4.40. The molecule has 1 aromatic rings. The van der Waals surface area contributed by atoms with Crippen LogP contribution in [0.1, 0.15) is 38.2 Å². The van der Waals surface area contributed by atoms with E-state index < -0.39 is 5.60 Å². The molecule has 0 spiro atoms. The molecule has 4 heteroatoms. The minimum Gasteiger partial charge on any atom is -0.383 e. The predicted molar refractivity (Wildman–Crippen MR) is 65.6 cm³/mol. The maximum Gasteiger partial charge on any atom is 0.109 e. The number of nitrogens with zero attached hydrogens (tertiary/aromatic N) is 3. The van der Waals surface area contributed by atoms with Crippen LogP contribution in [0.5, 0.6) is 0 Å².